The minimum atomic E-state index is -0.256. The zero-order chi connectivity index (χ0) is 19.9. The lowest BCUT2D eigenvalue weighted by Gasteiger charge is -2.32. The molecule has 0 aromatic heterocycles. The zero-order valence-electron chi connectivity index (χ0n) is 16.7. The molecule has 4 rings (SSSR count). The minimum Gasteiger partial charge on any atom is -0.497 e. The molecule has 2 aromatic carbocycles. The Kier molecular flexibility index (Phi) is 6.83. The number of ether oxygens (including phenoxy) is 5. The molecule has 2 aromatic rings. The molecule has 0 unspecified atom stereocenters. The Morgan fingerprint density at radius 3 is 2.55 bits per heavy atom. The van der Waals surface area contributed by atoms with Crippen LogP contribution in [-0.2, 0) is 20.8 Å². The van der Waals surface area contributed by atoms with Crippen molar-refractivity contribution in [3.05, 3.63) is 72.3 Å². The first-order valence-electron chi connectivity index (χ1n) is 10.2. The third-order valence-electron chi connectivity index (χ3n) is 5.24. The van der Waals surface area contributed by atoms with E-state index in [9.17, 15) is 0 Å². The van der Waals surface area contributed by atoms with Gasteiger partial charge in [0.1, 0.15) is 29.8 Å². The van der Waals surface area contributed by atoms with Crippen molar-refractivity contribution in [3.8, 4) is 11.5 Å². The maximum absolute atomic E-state index is 6.42. The molecule has 0 amide bonds. The Balaban J connectivity index is 1.44. The molecule has 154 valence electrons. The van der Waals surface area contributed by atoms with E-state index in [0.29, 0.717) is 13.2 Å². The first-order valence-corrected chi connectivity index (χ1v) is 10.2. The highest BCUT2D eigenvalue weighted by atomic mass is 16.6. The second-order valence-electron chi connectivity index (χ2n) is 7.33. The molecule has 0 spiro atoms. The van der Waals surface area contributed by atoms with Crippen molar-refractivity contribution in [1.29, 1.82) is 0 Å². The predicted octanol–water partition coefficient (Wildman–Crippen LogP) is 4.16. The minimum absolute atomic E-state index is 0.0233. The van der Waals surface area contributed by atoms with Gasteiger partial charge in [-0.1, -0.05) is 36.4 Å². The molecule has 0 aliphatic carbocycles. The number of methoxy groups -OCH3 is 1. The summed E-state index contributed by atoms with van der Waals surface area (Å²) >= 11 is 0. The van der Waals surface area contributed by atoms with Crippen LogP contribution < -0.4 is 9.47 Å². The topological polar surface area (TPSA) is 46.2 Å². The summed E-state index contributed by atoms with van der Waals surface area (Å²) in [6, 6.07) is 17.7. The van der Waals surface area contributed by atoms with Gasteiger partial charge in [0.15, 0.2) is 0 Å². The Labute approximate surface area is 172 Å². The summed E-state index contributed by atoms with van der Waals surface area (Å²) < 4.78 is 29.8. The fraction of sp³-hybridized carbons (Fsp3) is 0.417. The molecule has 2 aliphatic heterocycles. The highest BCUT2D eigenvalue weighted by molar-refractivity contribution is 5.31. The highest BCUT2D eigenvalue weighted by Gasteiger charge is 2.34. The fourth-order valence-electron chi connectivity index (χ4n) is 3.67. The maximum Gasteiger partial charge on any atom is 0.145 e. The molecule has 1 saturated heterocycles. The van der Waals surface area contributed by atoms with E-state index in [4.69, 9.17) is 23.7 Å². The number of hydrogen-bond acceptors (Lipinski definition) is 5. The van der Waals surface area contributed by atoms with E-state index in [1.807, 2.05) is 42.5 Å². The number of rotatable bonds is 7. The van der Waals surface area contributed by atoms with Crippen LogP contribution in [0.4, 0.5) is 0 Å². The molecule has 0 radical (unpaired) electrons. The fourth-order valence-corrected chi connectivity index (χ4v) is 3.67. The average Bonchev–Trinajstić information content (AvgIpc) is 2.94. The van der Waals surface area contributed by atoms with Gasteiger partial charge in [-0.05, 0) is 48.7 Å². The summed E-state index contributed by atoms with van der Waals surface area (Å²) in [5.74, 6) is 1.56. The third-order valence-corrected chi connectivity index (χ3v) is 5.24. The van der Waals surface area contributed by atoms with Crippen molar-refractivity contribution >= 4 is 0 Å². The van der Waals surface area contributed by atoms with Gasteiger partial charge in [-0.15, -0.1) is 0 Å². The van der Waals surface area contributed by atoms with E-state index < -0.39 is 0 Å². The summed E-state index contributed by atoms with van der Waals surface area (Å²) in [6.07, 6.45) is 5.67. The van der Waals surface area contributed by atoms with Crippen LogP contribution in [0.2, 0.25) is 0 Å². The van der Waals surface area contributed by atoms with Crippen molar-refractivity contribution in [2.45, 2.75) is 43.9 Å². The summed E-state index contributed by atoms with van der Waals surface area (Å²) in [7, 11) is 1.65. The van der Waals surface area contributed by atoms with E-state index >= 15 is 0 Å². The molecule has 0 saturated carbocycles. The lowest BCUT2D eigenvalue weighted by Crippen LogP contribution is -2.41. The van der Waals surface area contributed by atoms with Crippen molar-refractivity contribution in [3.63, 3.8) is 0 Å². The van der Waals surface area contributed by atoms with E-state index in [2.05, 4.69) is 24.3 Å². The summed E-state index contributed by atoms with van der Waals surface area (Å²) in [5, 5.41) is 0. The van der Waals surface area contributed by atoms with E-state index in [-0.39, 0.29) is 24.4 Å². The van der Waals surface area contributed by atoms with Crippen LogP contribution in [0.3, 0.4) is 0 Å². The van der Waals surface area contributed by atoms with Crippen LogP contribution in [0.1, 0.15) is 18.4 Å². The largest absolute Gasteiger partial charge is 0.497 e. The maximum atomic E-state index is 6.42. The van der Waals surface area contributed by atoms with Crippen LogP contribution in [0.25, 0.3) is 0 Å². The molecule has 1 fully saturated rings. The molecule has 29 heavy (non-hydrogen) atoms. The quantitative estimate of drug-likeness (QED) is 0.658. The lowest BCUT2D eigenvalue weighted by atomic mass is 10.1. The van der Waals surface area contributed by atoms with Gasteiger partial charge in [0.25, 0.3) is 0 Å². The van der Waals surface area contributed by atoms with Gasteiger partial charge in [0.05, 0.1) is 26.4 Å². The Hall–Kier alpha value is -2.34. The summed E-state index contributed by atoms with van der Waals surface area (Å²) in [5.41, 5.74) is 1.14. The second kappa shape index (κ2) is 9.92. The molecule has 2 aliphatic rings. The molecule has 5 nitrogen and oxygen atoms in total. The standard InChI is InChI=1S/C24H28O5/c1-25-19-9-11-20(12-10-19)28-23-14-13-21-22(8-5-15-27-21)29-24(23)17-26-16-18-6-3-2-4-7-18/h2-4,6-7,9-14,21-24H,5,8,15-17H2,1H3/t21-,22+,23+,24-/m1/s1. The number of hydrogen-bond donors (Lipinski definition) is 0. The van der Waals surface area contributed by atoms with Crippen LogP contribution in [-0.4, -0.2) is 44.7 Å². The zero-order valence-corrected chi connectivity index (χ0v) is 16.7. The smallest absolute Gasteiger partial charge is 0.145 e. The normalized spacial score (nSPS) is 26.4. The first kappa shape index (κ1) is 20.0. The predicted molar refractivity (Wildman–Crippen MR) is 110 cm³/mol. The Morgan fingerprint density at radius 1 is 0.966 bits per heavy atom. The van der Waals surface area contributed by atoms with E-state index in [1.165, 1.54) is 0 Å². The van der Waals surface area contributed by atoms with Gasteiger partial charge in [-0.3, -0.25) is 0 Å². The van der Waals surface area contributed by atoms with Crippen LogP contribution in [0.5, 0.6) is 11.5 Å². The third kappa shape index (κ3) is 5.38. The summed E-state index contributed by atoms with van der Waals surface area (Å²) in [6.45, 7) is 1.77. The molecule has 4 atom stereocenters. The second-order valence-corrected chi connectivity index (χ2v) is 7.33. The molecule has 5 heteroatoms. The van der Waals surface area contributed by atoms with E-state index in [0.717, 1.165) is 36.5 Å². The van der Waals surface area contributed by atoms with Crippen molar-refractivity contribution < 1.29 is 23.7 Å². The average molecular weight is 396 g/mol. The van der Waals surface area contributed by atoms with Crippen molar-refractivity contribution in [2.75, 3.05) is 20.3 Å². The highest BCUT2D eigenvalue weighted by Crippen LogP contribution is 2.27. The van der Waals surface area contributed by atoms with Gasteiger partial charge >= 0.3 is 0 Å². The lowest BCUT2D eigenvalue weighted by molar-refractivity contribution is -0.141. The molecule has 2 heterocycles. The molecule has 0 N–H and O–H groups in total. The Morgan fingerprint density at radius 2 is 1.76 bits per heavy atom. The molecule has 0 bridgehead atoms. The van der Waals surface area contributed by atoms with Crippen molar-refractivity contribution in [2.24, 2.45) is 0 Å². The number of fused-ring (bicyclic) bond motifs is 1. The molecular formula is C24H28O5. The van der Waals surface area contributed by atoms with E-state index in [1.54, 1.807) is 7.11 Å². The van der Waals surface area contributed by atoms with Gasteiger partial charge < -0.3 is 23.7 Å². The van der Waals surface area contributed by atoms with Crippen molar-refractivity contribution in [1.82, 2.24) is 0 Å². The van der Waals surface area contributed by atoms with Gasteiger partial charge in [-0.25, -0.2) is 0 Å². The Bertz CT molecular complexity index is 774. The summed E-state index contributed by atoms with van der Waals surface area (Å²) in [4.78, 5) is 0. The number of benzene rings is 2. The SMILES string of the molecule is COc1ccc(O[C@H]2C=C[C@H]3OCCC[C@@H]3O[C@@H]2COCc2ccccc2)cc1. The van der Waals surface area contributed by atoms with Crippen LogP contribution >= 0.6 is 0 Å². The van der Waals surface area contributed by atoms with Crippen LogP contribution in [0.15, 0.2) is 66.7 Å². The van der Waals surface area contributed by atoms with Crippen LogP contribution in [0, 0.1) is 0 Å². The van der Waals surface area contributed by atoms with Gasteiger partial charge in [0.2, 0.25) is 0 Å². The monoisotopic (exact) mass is 396 g/mol. The van der Waals surface area contributed by atoms with Gasteiger partial charge in [0, 0.05) is 6.61 Å². The first-order chi connectivity index (χ1) is 14.3. The molecular weight excluding hydrogens is 368 g/mol. The van der Waals surface area contributed by atoms with Gasteiger partial charge in [-0.2, -0.15) is 0 Å².